The minimum Gasteiger partial charge on any atom is -0.316 e. The van der Waals surface area contributed by atoms with Crippen LogP contribution in [0.1, 0.15) is 52.4 Å². The smallest absolute Gasteiger partial charge is 0.00926 e. The molecule has 2 nitrogen and oxygen atoms in total. The Morgan fingerprint density at radius 2 is 1.94 bits per heavy atom. The normalized spacial score (nSPS) is 38.8. The molecule has 2 heteroatoms. The van der Waals surface area contributed by atoms with Crippen LogP contribution >= 0.6 is 0 Å². The third kappa shape index (κ3) is 3.23. The molecular formula is C15H30N2. The zero-order valence-electron chi connectivity index (χ0n) is 12.0. The zero-order valence-corrected chi connectivity index (χ0v) is 12.0. The molecule has 1 unspecified atom stereocenters. The summed E-state index contributed by atoms with van der Waals surface area (Å²) < 4.78 is 0. The number of hydrogen-bond donors (Lipinski definition) is 1. The third-order valence-electron chi connectivity index (χ3n) is 5.28. The van der Waals surface area contributed by atoms with Crippen molar-refractivity contribution >= 4 is 0 Å². The molecule has 1 aliphatic carbocycles. The SMILES string of the molecule is CCC1(CN(C)C2CCC(C)CC2)CCNC1. The van der Waals surface area contributed by atoms with E-state index < -0.39 is 0 Å². The summed E-state index contributed by atoms with van der Waals surface area (Å²) in [6, 6.07) is 0.857. The van der Waals surface area contributed by atoms with Crippen LogP contribution in [-0.4, -0.2) is 37.6 Å². The third-order valence-corrected chi connectivity index (χ3v) is 5.28. The maximum absolute atomic E-state index is 3.55. The van der Waals surface area contributed by atoms with Crippen molar-refractivity contribution in [1.29, 1.82) is 0 Å². The molecule has 1 heterocycles. The Morgan fingerprint density at radius 1 is 1.24 bits per heavy atom. The Labute approximate surface area is 107 Å². The van der Waals surface area contributed by atoms with Crippen molar-refractivity contribution in [1.82, 2.24) is 10.2 Å². The summed E-state index contributed by atoms with van der Waals surface area (Å²) >= 11 is 0. The van der Waals surface area contributed by atoms with Gasteiger partial charge in [-0.25, -0.2) is 0 Å². The Balaban J connectivity index is 1.85. The molecule has 1 saturated carbocycles. The molecule has 100 valence electrons. The topological polar surface area (TPSA) is 15.3 Å². The molecule has 1 N–H and O–H groups in total. The average Bonchev–Trinajstić information content (AvgIpc) is 2.79. The lowest BCUT2D eigenvalue weighted by atomic mass is 9.81. The van der Waals surface area contributed by atoms with Crippen LogP contribution in [0.5, 0.6) is 0 Å². The van der Waals surface area contributed by atoms with Crippen molar-refractivity contribution in [3.8, 4) is 0 Å². The van der Waals surface area contributed by atoms with E-state index in [1.54, 1.807) is 0 Å². The maximum Gasteiger partial charge on any atom is 0.00926 e. The van der Waals surface area contributed by atoms with E-state index >= 15 is 0 Å². The van der Waals surface area contributed by atoms with Gasteiger partial charge in [0.1, 0.15) is 0 Å². The molecule has 17 heavy (non-hydrogen) atoms. The Kier molecular flexibility index (Phi) is 4.48. The predicted molar refractivity (Wildman–Crippen MR) is 74.3 cm³/mol. The molecule has 2 rings (SSSR count). The van der Waals surface area contributed by atoms with Gasteiger partial charge >= 0.3 is 0 Å². The summed E-state index contributed by atoms with van der Waals surface area (Å²) in [5.74, 6) is 0.966. The average molecular weight is 238 g/mol. The van der Waals surface area contributed by atoms with Crippen LogP contribution in [0.2, 0.25) is 0 Å². The number of hydrogen-bond acceptors (Lipinski definition) is 2. The lowest BCUT2D eigenvalue weighted by molar-refractivity contribution is 0.110. The minimum absolute atomic E-state index is 0.567. The molecule has 2 fully saturated rings. The zero-order chi connectivity index (χ0) is 12.3. The summed E-state index contributed by atoms with van der Waals surface area (Å²) in [5.41, 5.74) is 0.567. The number of nitrogens with zero attached hydrogens (tertiary/aromatic N) is 1. The molecule has 1 saturated heterocycles. The second-order valence-corrected chi connectivity index (χ2v) is 6.61. The predicted octanol–water partition coefficient (Wildman–Crippen LogP) is 2.89. The van der Waals surface area contributed by atoms with Gasteiger partial charge in [-0.2, -0.15) is 0 Å². The Morgan fingerprint density at radius 3 is 2.47 bits per heavy atom. The molecule has 0 aromatic heterocycles. The van der Waals surface area contributed by atoms with Crippen molar-refractivity contribution in [2.75, 3.05) is 26.7 Å². The molecule has 0 aromatic rings. The first-order valence-corrected chi connectivity index (χ1v) is 7.56. The highest BCUT2D eigenvalue weighted by Gasteiger charge is 2.34. The van der Waals surface area contributed by atoms with Crippen molar-refractivity contribution in [3.63, 3.8) is 0 Å². The van der Waals surface area contributed by atoms with Crippen LogP contribution in [0.4, 0.5) is 0 Å². The number of rotatable bonds is 4. The Bertz CT molecular complexity index is 225. The highest BCUT2D eigenvalue weighted by atomic mass is 15.1. The van der Waals surface area contributed by atoms with Crippen molar-refractivity contribution in [2.45, 2.75) is 58.4 Å². The monoisotopic (exact) mass is 238 g/mol. The van der Waals surface area contributed by atoms with Gasteiger partial charge in [0.25, 0.3) is 0 Å². The number of nitrogens with one attached hydrogen (secondary N) is 1. The lowest BCUT2D eigenvalue weighted by Crippen LogP contribution is -2.43. The molecular weight excluding hydrogens is 208 g/mol. The second-order valence-electron chi connectivity index (χ2n) is 6.61. The lowest BCUT2D eigenvalue weighted by Gasteiger charge is -2.39. The van der Waals surface area contributed by atoms with Gasteiger partial charge in [0.05, 0.1) is 0 Å². The van der Waals surface area contributed by atoms with E-state index in [0.717, 1.165) is 12.0 Å². The standard InChI is InChI=1S/C15H30N2/c1-4-15(9-10-16-11-15)12-17(3)14-7-5-13(2)6-8-14/h13-14,16H,4-12H2,1-3H3. The summed E-state index contributed by atoms with van der Waals surface area (Å²) in [6.07, 6.45) is 8.42. The van der Waals surface area contributed by atoms with Gasteiger partial charge in [-0.3, -0.25) is 0 Å². The second kappa shape index (κ2) is 5.71. The molecule has 2 aliphatic rings. The van der Waals surface area contributed by atoms with Crippen LogP contribution in [0.25, 0.3) is 0 Å². The fourth-order valence-corrected chi connectivity index (χ4v) is 3.69. The van der Waals surface area contributed by atoms with Gasteiger partial charge in [-0.1, -0.05) is 13.8 Å². The summed E-state index contributed by atoms with van der Waals surface area (Å²) in [7, 11) is 2.36. The highest BCUT2D eigenvalue weighted by Crippen LogP contribution is 2.33. The van der Waals surface area contributed by atoms with Crippen LogP contribution in [-0.2, 0) is 0 Å². The summed E-state index contributed by atoms with van der Waals surface area (Å²) in [5, 5.41) is 3.55. The molecule has 1 aliphatic heterocycles. The van der Waals surface area contributed by atoms with Gasteiger partial charge in [-0.05, 0) is 63.5 Å². The van der Waals surface area contributed by atoms with E-state index in [2.05, 4.69) is 31.1 Å². The van der Waals surface area contributed by atoms with E-state index in [1.807, 2.05) is 0 Å². The summed E-state index contributed by atoms with van der Waals surface area (Å²) in [6.45, 7) is 8.53. The molecule has 0 spiro atoms. The molecule has 0 radical (unpaired) electrons. The summed E-state index contributed by atoms with van der Waals surface area (Å²) in [4.78, 5) is 2.67. The van der Waals surface area contributed by atoms with Gasteiger partial charge < -0.3 is 10.2 Å². The highest BCUT2D eigenvalue weighted by molar-refractivity contribution is 4.90. The van der Waals surface area contributed by atoms with Crippen LogP contribution in [0.3, 0.4) is 0 Å². The fourth-order valence-electron chi connectivity index (χ4n) is 3.69. The first-order valence-electron chi connectivity index (χ1n) is 7.56. The molecule has 0 bridgehead atoms. The first kappa shape index (κ1) is 13.4. The van der Waals surface area contributed by atoms with E-state index in [4.69, 9.17) is 0 Å². The van der Waals surface area contributed by atoms with Gasteiger partial charge in [-0.15, -0.1) is 0 Å². The van der Waals surface area contributed by atoms with E-state index in [0.29, 0.717) is 5.41 Å². The van der Waals surface area contributed by atoms with Gasteiger partial charge in [0, 0.05) is 19.1 Å². The first-order chi connectivity index (χ1) is 8.15. The van der Waals surface area contributed by atoms with Gasteiger partial charge in [0.2, 0.25) is 0 Å². The fraction of sp³-hybridized carbons (Fsp3) is 1.00. The van der Waals surface area contributed by atoms with E-state index in [9.17, 15) is 0 Å². The quantitative estimate of drug-likeness (QED) is 0.810. The van der Waals surface area contributed by atoms with E-state index in [1.165, 1.54) is 58.2 Å². The largest absolute Gasteiger partial charge is 0.316 e. The van der Waals surface area contributed by atoms with Crippen LogP contribution < -0.4 is 5.32 Å². The van der Waals surface area contributed by atoms with Crippen LogP contribution in [0, 0.1) is 11.3 Å². The van der Waals surface area contributed by atoms with Gasteiger partial charge in [0.15, 0.2) is 0 Å². The molecule has 0 aromatic carbocycles. The van der Waals surface area contributed by atoms with Crippen molar-refractivity contribution in [3.05, 3.63) is 0 Å². The van der Waals surface area contributed by atoms with Crippen molar-refractivity contribution in [2.24, 2.45) is 11.3 Å². The van der Waals surface area contributed by atoms with E-state index in [-0.39, 0.29) is 0 Å². The van der Waals surface area contributed by atoms with Crippen molar-refractivity contribution < 1.29 is 0 Å². The Hall–Kier alpha value is -0.0800. The molecule has 0 amide bonds. The molecule has 1 atom stereocenters. The van der Waals surface area contributed by atoms with Crippen LogP contribution in [0.15, 0.2) is 0 Å². The minimum atomic E-state index is 0.567. The maximum atomic E-state index is 3.55.